The van der Waals surface area contributed by atoms with Gasteiger partial charge >= 0.3 is 0 Å². The molecule has 0 atom stereocenters. The Morgan fingerprint density at radius 2 is 2.04 bits per heavy atom. The number of hydrogen-bond acceptors (Lipinski definition) is 6. The van der Waals surface area contributed by atoms with E-state index in [1.165, 1.54) is 6.07 Å². The van der Waals surface area contributed by atoms with Crippen molar-refractivity contribution in [3.05, 3.63) is 47.0 Å². The van der Waals surface area contributed by atoms with E-state index in [-0.39, 0.29) is 23.8 Å². The molecule has 7 nitrogen and oxygen atoms in total. The van der Waals surface area contributed by atoms with Crippen LogP contribution in [-0.2, 0) is 14.8 Å². The van der Waals surface area contributed by atoms with Gasteiger partial charge in [-0.3, -0.25) is 4.79 Å². The van der Waals surface area contributed by atoms with Crippen LogP contribution < -0.4 is 10.0 Å². The summed E-state index contributed by atoms with van der Waals surface area (Å²) in [4.78, 5) is 12.0. The van der Waals surface area contributed by atoms with Gasteiger partial charge in [-0.25, -0.2) is 13.1 Å². The quantitative estimate of drug-likeness (QED) is 0.650. The van der Waals surface area contributed by atoms with Gasteiger partial charge in [-0.15, -0.1) is 0 Å². The molecule has 0 spiro atoms. The first-order valence-corrected chi connectivity index (χ1v) is 10.2. The lowest BCUT2D eigenvalue weighted by Gasteiger charge is -2.09. The van der Waals surface area contributed by atoms with Crippen LogP contribution in [0.2, 0.25) is 5.02 Å². The molecule has 1 aromatic heterocycles. The SMILES string of the molecule is Cc1ccc(NC(=O)CCNS(=O)(=O)c2cccc3nsnc23)cc1Cl. The normalized spacial score (nSPS) is 11.6. The Hall–Kier alpha value is -2.07. The third kappa shape index (κ3) is 4.18. The fourth-order valence-corrected chi connectivity index (χ4v) is 4.25. The Labute approximate surface area is 159 Å². The first-order chi connectivity index (χ1) is 12.4. The number of carbonyl (C=O) groups is 1. The summed E-state index contributed by atoms with van der Waals surface area (Å²) in [5.41, 5.74) is 2.31. The van der Waals surface area contributed by atoms with E-state index < -0.39 is 10.0 Å². The zero-order chi connectivity index (χ0) is 18.7. The lowest BCUT2D eigenvalue weighted by atomic mass is 10.2. The molecule has 1 amide bonds. The predicted octanol–water partition coefficient (Wildman–Crippen LogP) is 2.96. The summed E-state index contributed by atoms with van der Waals surface area (Å²) >= 11 is 6.96. The number of rotatable bonds is 6. The van der Waals surface area contributed by atoms with Crippen LogP contribution in [0, 0.1) is 6.92 Å². The average molecular weight is 411 g/mol. The van der Waals surface area contributed by atoms with Gasteiger partial charge in [0.05, 0.1) is 11.7 Å². The first kappa shape index (κ1) is 18.7. The molecule has 0 aliphatic heterocycles. The van der Waals surface area contributed by atoms with E-state index >= 15 is 0 Å². The average Bonchev–Trinajstić information content (AvgIpc) is 3.06. The van der Waals surface area contributed by atoms with E-state index in [0.717, 1.165) is 17.3 Å². The molecule has 10 heteroatoms. The van der Waals surface area contributed by atoms with Crippen LogP contribution in [0.1, 0.15) is 12.0 Å². The standard InChI is InChI=1S/C16H15ClN4O3S2/c1-10-5-6-11(9-12(10)17)19-15(22)7-8-18-26(23,24)14-4-2-3-13-16(14)21-25-20-13/h2-6,9,18H,7-8H2,1H3,(H,19,22). The van der Waals surface area contributed by atoms with Crippen LogP contribution >= 0.6 is 23.3 Å². The van der Waals surface area contributed by atoms with Crippen molar-refractivity contribution >= 4 is 56.0 Å². The summed E-state index contributed by atoms with van der Waals surface area (Å²) in [5, 5.41) is 3.23. The highest BCUT2D eigenvalue weighted by molar-refractivity contribution is 7.89. The highest BCUT2D eigenvalue weighted by Gasteiger charge is 2.19. The molecule has 0 fully saturated rings. The molecule has 26 heavy (non-hydrogen) atoms. The molecule has 2 N–H and O–H groups in total. The topological polar surface area (TPSA) is 101 Å². The van der Waals surface area contributed by atoms with Crippen molar-refractivity contribution < 1.29 is 13.2 Å². The lowest BCUT2D eigenvalue weighted by Crippen LogP contribution is -2.28. The second-order valence-electron chi connectivity index (χ2n) is 5.55. The molecule has 1 heterocycles. The van der Waals surface area contributed by atoms with Gasteiger partial charge < -0.3 is 5.32 Å². The summed E-state index contributed by atoms with van der Waals surface area (Å²) < 4.78 is 35.3. The number of sulfonamides is 1. The number of aryl methyl sites for hydroxylation is 1. The van der Waals surface area contributed by atoms with Gasteiger partial charge in [-0.1, -0.05) is 23.7 Å². The van der Waals surface area contributed by atoms with Crippen molar-refractivity contribution in [1.82, 2.24) is 13.5 Å². The van der Waals surface area contributed by atoms with Crippen LogP contribution in [-0.4, -0.2) is 29.6 Å². The number of hydrogen-bond donors (Lipinski definition) is 2. The number of nitrogens with one attached hydrogen (secondary N) is 2. The number of anilines is 1. The number of aromatic nitrogens is 2. The van der Waals surface area contributed by atoms with Crippen LogP contribution in [0.15, 0.2) is 41.3 Å². The zero-order valence-electron chi connectivity index (χ0n) is 13.7. The van der Waals surface area contributed by atoms with Gasteiger partial charge in [0.25, 0.3) is 0 Å². The van der Waals surface area contributed by atoms with Gasteiger partial charge in [0, 0.05) is 23.7 Å². The van der Waals surface area contributed by atoms with Crippen LogP contribution in [0.25, 0.3) is 11.0 Å². The Morgan fingerprint density at radius 3 is 2.81 bits per heavy atom. The van der Waals surface area contributed by atoms with E-state index in [0.29, 0.717) is 21.7 Å². The van der Waals surface area contributed by atoms with Gasteiger partial charge in [0.15, 0.2) is 0 Å². The van der Waals surface area contributed by atoms with Gasteiger partial charge in [0.1, 0.15) is 15.9 Å². The molecule has 136 valence electrons. The fraction of sp³-hybridized carbons (Fsp3) is 0.188. The highest BCUT2D eigenvalue weighted by atomic mass is 35.5. The molecule has 0 unspecified atom stereocenters. The molecule has 0 saturated carbocycles. The number of carbonyl (C=O) groups excluding carboxylic acids is 1. The van der Waals surface area contributed by atoms with Crippen molar-refractivity contribution in [3.63, 3.8) is 0 Å². The molecular formula is C16H15ClN4O3S2. The largest absolute Gasteiger partial charge is 0.326 e. The number of nitrogens with zero attached hydrogens (tertiary/aromatic N) is 2. The Kier molecular flexibility index (Phi) is 5.52. The Bertz CT molecular complexity index is 1070. The van der Waals surface area contributed by atoms with E-state index in [2.05, 4.69) is 18.8 Å². The summed E-state index contributed by atoms with van der Waals surface area (Å²) in [7, 11) is -3.78. The lowest BCUT2D eigenvalue weighted by molar-refractivity contribution is -0.116. The summed E-state index contributed by atoms with van der Waals surface area (Å²) in [6, 6.07) is 9.93. The van der Waals surface area contributed by atoms with Crippen molar-refractivity contribution in [2.45, 2.75) is 18.2 Å². The van der Waals surface area contributed by atoms with Crippen LogP contribution in [0.5, 0.6) is 0 Å². The maximum absolute atomic E-state index is 12.4. The van der Waals surface area contributed by atoms with E-state index in [1.54, 1.807) is 30.3 Å². The minimum absolute atomic E-state index is 0.0178. The first-order valence-electron chi connectivity index (χ1n) is 7.64. The summed E-state index contributed by atoms with van der Waals surface area (Å²) in [6.45, 7) is 1.82. The maximum Gasteiger partial charge on any atom is 0.242 e. The monoisotopic (exact) mass is 410 g/mol. The molecule has 0 radical (unpaired) electrons. The van der Waals surface area contributed by atoms with Crippen molar-refractivity contribution in [1.29, 1.82) is 0 Å². The smallest absolute Gasteiger partial charge is 0.242 e. The van der Waals surface area contributed by atoms with Gasteiger partial charge in [0.2, 0.25) is 15.9 Å². The number of halogens is 1. The summed E-state index contributed by atoms with van der Waals surface area (Å²) in [5.74, 6) is -0.318. The van der Waals surface area contributed by atoms with Crippen molar-refractivity contribution in [3.8, 4) is 0 Å². The van der Waals surface area contributed by atoms with E-state index in [1.807, 2.05) is 6.92 Å². The second kappa shape index (κ2) is 7.67. The molecular weight excluding hydrogens is 396 g/mol. The third-order valence-electron chi connectivity index (χ3n) is 3.64. The Morgan fingerprint density at radius 1 is 1.23 bits per heavy atom. The number of fused-ring (bicyclic) bond motifs is 1. The molecule has 0 aliphatic rings. The predicted molar refractivity (Wildman–Crippen MR) is 102 cm³/mol. The third-order valence-corrected chi connectivity index (χ3v) is 6.08. The van der Waals surface area contributed by atoms with Gasteiger partial charge in [-0.2, -0.15) is 8.75 Å². The van der Waals surface area contributed by atoms with Crippen LogP contribution in [0.3, 0.4) is 0 Å². The maximum atomic E-state index is 12.4. The van der Waals surface area contributed by atoms with Gasteiger partial charge in [-0.05, 0) is 36.8 Å². The molecule has 3 rings (SSSR count). The zero-order valence-corrected chi connectivity index (χ0v) is 16.1. The minimum Gasteiger partial charge on any atom is -0.326 e. The minimum atomic E-state index is -3.78. The Balaban J connectivity index is 1.60. The van der Waals surface area contributed by atoms with E-state index in [4.69, 9.17) is 11.6 Å². The summed E-state index contributed by atoms with van der Waals surface area (Å²) in [6.07, 6.45) is -0.0178. The van der Waals surface area contributed by atoms with Crippen molar-refractivity contribution in [2.75, 3.05) is 11.9 Å². The molecule has 0 bridgehead atoms. The molecule has 2 aromatic carbocycles. The highest BCUT2D eigenvalue weighted by Crippen LogP contribution is 2.21. The fourth-order valence-electron chi connectivity index (χ4n) is 2.27. The van der Waals surface area contributed by atoms with Crippen molar-refractivity contribution in [2.24, 2.45) is 0 Å². The second-order valence-corrected chi connectivity index (χ2v) is 8.22. The molecule has 0 saturated heterocycles. The number of benzene rings is 2. The molecule has 3 aromatic rings. The molecule has 0 aliphatic carbocycles. The van der Waals surface area contributed by atoms with Crippen LogP contribution in [0.4, 0.5) is 5.69 Å². The number of amides is 1. The van der Waals surface area contributed by atoms with E-state index in [9.17, 15) is 13.2 Å².